The molecule has 0 bridgehead atoms. The zero-order valence-electron chi connectivity index (χ0n) is 14.4. The van der Waals surface area contributed by atoms with Crippen LogP contribution in [0.4, 0.5) is 22.9 Å². The third kappa shape index (κ3) is 4.29. The van der Waals surface area contributed by atoms with Gasteiger partial charge in [0.1, 0.15) is 0 Å². The van der Waals surface area contributed by atoms with E-state index in [4.69, 9.17) is 11.6 Å². The van der Waals surface area contributed by atoms with Crippen LogP contribution < -0.4 is 16.0 Å². The fraction of sp³-hybridized carbons (Fsp3) is 0.105. The summed E-state index contributed by atoms with van der Waals surface area (Å²) in [5.41, 5.74) is 4.14. The summed E-state index contributed by atoms with van der Waals surface area (Å²) >= 11 is 6.20. The van der Waals surface area contributed by atoms with Crippen LogP contribution in [0.1, 0.15) is 15.9 Å². The van der Waals surface area contributed by atoms with E-state index in [0.29, 0.717) is 16.4 Å². The lowest BCUT2D eigenvalue weighted by atomic mass is 10.1. The molecule has 0 aliphatic rings. The predicted molar refractivity (Wildman–Crippen MR) is 105 cm³/mol. The molecule has 0 fully saturated rings. The molecule has 0 aliphatic carbocycles. The van der Waals surface area contributed by atoms with Crippen LogP contribution in [0.25, 0.3) is 0 Å². The largest absolute Gasteiger partial charge is 0.388 e. The normalized spacial score (nSPS) is 10.3. The number of amides is 1. The van der Waals surface area contributed by atoms with Crippen LogP contribution in [0, 0.1) is 6.92 Å². The van der Waals surface area contributed by atoms with E-state index in [1.807, 2.05) is 38.2 Å². The van der Waals surface area contributed by atoms with Gasteiger partial charge in [0, 0.05) is 36.5 Å². The second-order valence-electron chi connectivity index (χ2n) is 5.70. The van der Waals surface area contributed by atoms with Crippen LogP contribution in [0.3, 0.4) is 0 Å². The van der Waals surface area contributed by atoms with Crippen LogP contribution in [-0.2, 0) is 0 Å². The standard InChI is InChI=1S/C19H18ClN5O/c1-12-7-14(21-2)9-15(8-12)24-13-3-4-17(20)16(10-13)19(26)25-18-11-22-5-6-23-18/h3-11,21,24H,1-2H3,(H,23,25,26). The van der Waals surface area contributed by atoms with Gasteiger partial charge in [-0.3, -0.25) is 9.78 Å². The topological polar surface area (TPSA) is 78.9 Å². The summed E-state index contributed by atoms with van der Waals surface area (Å²) in [5, 5.41) is 9.46. The second kappa shape index (κ2) is 7.84. The third-order valence-corrected chi connectivity index (χ3v) is 4.00. The smallest absolute Gasteiger partial charge is 0.258 e. The number of hydrogen-bond acceptors (Lipinski definition) is 5. The highest BCUT2D eigenvalue weighted by Gasteiger charge is 2.12. The molecule has 0 aliphatic heterocycles. The molecule has 1 heterocycles. The number of rotatable bonds is 5. The molecule has 7 heteroatoms. The SMILES string of the molecule is CNc1cc(C)cc(Nc2ccc(Cl)c(C(=O)Nc3cnccn3)c2)c1. The third-order valence-electron chi connectivity index (χ3n) is 3.67. The average Bonchev–Trinajstić information content (AvgIpc) is 2.63. The summed E-state index contributed by atoms with van der Waals surface area (Å²) in [5.74, 6) is 0.0172. The number of anilines is 4. The molecule has 0 atom stereocenters. The Morgan fingerprint density at radius 2 is 1.85 bits per heavy atom. The number of aromatic nitrogens is 2. The maximum Gasteiger partial charge on any atom is 0.258 e. The molecule has 26 heavy (non-hydrogen) atoms. The van der Waals surface area contributed by atoms with Crippen molar-refractivity contribution in [3.8, 4) is 0 Å². The Hall–Kier alpha value is -3.12. The van der Waals surface area contributed by atoms with E-state index in [1.54, 1.807) is 12.1 Å². The molecule has 3 N–H and O–H groups in total. The summed E-state index contributed by atoms with van der Waals surface area (Å²) in [6, 6.07) is 11.3. The number of carbonyl (C=O) groups excluding carboxylic acids is 1. The molecule has 0 saturated carbocycles. The monoisotopic (exact) mass is 367 g/mol. The van der Waals surface area contributed by atoms with Crippen LogP contribution in [0.5, 0.6) is 0 Å². The van der Waals surface area contributed by atoms with Gasteiger partial charge in [0.25, 0.3) is 5.91 Å². The van der Waals surface area contributed by atoms with Gasteiger partial charge in [0.15, 0.2) is 5.82 Å². The molecule has 2 aromatic carbocycles. The molecule has 1 aromatic heterocycles. The van der Waals surface area contributed by atoms with E-state index in [-0.39, 0.29) is 5.91 Å². The highest BCUT2D eigenvalue weighted by atomic mass is 35.5. The fourth-order valence-corrected chi connectivity index (χ4v) is 2.69. The molecule has 132 valence electrons. The highest BCUT2D eigenvalue weighted by Crippen LogP contribution is 2.26. The molecular formula is C19H18ClN5O. The molecule has 3 aromatic rings. The minimum Gasteiger partial charge on any atom is -0.388 e. The Kier molecular flexibility index (Phi) is 5.34. The van der Waals surface area contributed by atoms with Gasteiger partial charge in [-0.2, -0.15) is 0 Å². The van der Waals surface area contributed by atoms with Gasteiger partial charge in [-0.15, -0.1) is 0 Å². The Labute approximate surface area is 156 Å². The van der Waals surface area contributed by atoms with Crippen molar-refractivity contribution in [3.63, 3.8) is 0 Å². The first kappa shape index (κ1) is 17.7. The van der Waals surface area contributed by atoms with Crippen LogP contribution in [-0.4, -0.2) is 22.9 Å². The zero-order chi connectivity index (χ0) is 18.5. The molecule has 0 spiro atoms. The zero-order valence-corrected chi connectivity index (χ0v) is 15.1. The van der Waals surface area contributed by atoms with E-state index >= 15 is 0 Å². The molecular weight excluding hydrogens is 350 g/mol. The quantitative estimate of drug-likeness (QED) is 0.619. The van der Waals surface area contributed by atoms with Gasteiger partial charge in [-0.1, -0.05) is 11.6 Å². The van der Waals surface area contributed by atoms with Crippen molar-refractivity contribution in [2.24, 2.45) is 0 Å². The van der Waals surface area contributed by atoms with Crippen molar-refractivity contribution in [1.82, 2.24) is 9.97 Å². The van der Waals surface area contributed by atoms with Crippen LogP contribution >= 0.6 is 11.6 Å². The van der Waals surface area contributed by atoms with Gasteiger partial charge < -0.3 is 16.0 Å². The summed E-state index contributed by atoms with van der Waals surface area (Å²) in [4.78, 5) is 20.4. The minimum absolute atomic E-state index is 0.348. The van der Waals surface area contributed by atoms with E-state index in [1.165, 1.54) is 18.6 Å². The average molecular weight is 368 g/mol. The van der Waals surface area contributed by atoms with Crippen molar-refractivity contribution < 1.29 is 4.79 Å². The molecule has 3 rings (SSSR count). The molecule has 0 unspecified atom stereocenters. The number of aryl methyl sites for hydroxylation is 1. The van der Waals surface area contributed by atoms with Gasteiger partial charge in [-0.05, 0) is 48.9 Å². The Bertz CT molecular complexity index is 930. The Morgan fingerprint density at radius 1 is 1.04 bits per heavy atom. The lowest BCUT2D eigenvalue weighted by Gasteiger charge is -2.12. The molecule has 0 radical (unpaired) electrons. The number of carbonyl (C=O) groups is 1. The van der Waals surface area contributed by atoms with Gasteiger partial charge in [-0.25, -0.2) is 4.98 Å². The second-order valence-corrected chi connectivity index (χ2v) is 6.11. The van der Waals surface area contributed by atoms with Gasteiger partial charge in [0.2, 0.25) is 0 Å². The number of hydrogen-bond donors (Lipinski definition) is 3. The molecule has 6 nitrogen and oxygen atoms in total. The number of benzene rings is 2. The fourth-order valence-electron chi connectivity index (χ4n) is 2.49. The summed E-state index contributed by atoms with van der Waals surface area (Å²) in [6.45, 7) is 2.02. The van der Waals surface area contributed by atoms with Crippen molar-refractivity contribution in [3.05, 3.63) is 71.1 Å². The van der Waals surface area contributed by atoms with Crippen molar-refractivity contribution in [1.29, 1.82) is 0 Å². The Balaban J connectivity index is 1.83. The number of halogens is 1. The maximum absolute atomic E-state index is 12.5. The lowest BCUT2D eigenvalue weighted by molar-refractivity contribution is 0.102. The van der Waals surface area contributed by atoms with Crippen molar-refractivity contribution in [2.75, 3.05) is 23.0 Å². The highest BCUT2D eigenvalue weighted by molar-refractivity contribution is 6.34. The predicted octanol–water partition coefficient (Wildman–Crippen LogP) is 4.48. The van der Waals surface area contributed by atoms with Crippen molar-refractivity contribution in [2.45, 2.75) is 6.92 Å². The first-order valence-electron chi connectivity index (χ1n) is 7.98. The van der Waals surface area contributed by atoms with Crippen LogP contribution in [0.2, 0.25) is 5.02 Å². The number of nitrogens with one attached hydrogen (secondary N) is 3. The van der Waals surface area contributed by atoms with Crippen LogP contribution in [0.15, 0.2) is 55.0 Å². The maximum atomic E-state index is 12.5. The number of nitrogens with zero attached hydrogens (tertiary/aromatic N) is 2. The molecule has 1 amide bonds. The first-order valence-corrected chi connectivity index (χ1v) is 8.36. The van der Waals surface area contributed by atoms with Gasteiger partial charge >= 0.3 is 0 Å². The Morgan fingerprint density at radius 3 is 2.58 bits per heavy atom. The van der Waals surface area contributed by atoms with E-state index in [2.05, 4.69) is 25.9 Å². The van der Waals surface area contributed by atoms with Gasteiger partial charge in [0.05, 0.1) is 16.8 Å². The van der Waals surface area contributed by atoms with E-state index < -0.39 is 0 Å². The van der Waals surface area contributed by atoms with E-state index in [9.17, 15) is 4.79 Å². The first-order chi connectivity index (χ1) is 12.5. The minimum atomic E-state index is -0.348. The summed E-state index contributed by atoms with van der Waals surface area (Å²) in [6.07, 6.45) is 4.51. The van der Waals surface area contributed by atoms with E-state index in [0.717, 1.165) is 22.6 Å². The summed E-state index contributed by atoms with van der Waals surface area (Å²) in [7, 11) is 1.87. The summed E-state index contributed by atoms with van der Waals surface area (Å²) < 4.78 is 0. The molecule has 0 saturated heterocycles. The lowest BCUT2D eigenvalue weighted by Crippen LogP contribution is -2.14. The van der Waals surface area contributed by atoms with Crippen molar-refractivity contribution >= 4 is 40.4 Å².